The summed E-state index contributed by atoms with van der Waals surface area (Å²) < 4.78 is 0. The molecule has 3 heteroatoms. The summed E-state index contributed by atoms with van der Waals surface area (Å²) in [5.74, 6) is 6.30. The standard InChI is InChI=1S/C10H22N2.ClH/c1-10(2,3)8-4-6-9(12-11)7-5-8;/h8-9,12H,4-7,11H2,1-3H3;1H. The van der Waals surface area contributed by atoms with Gasteiger partial charge in [0, 0.05) is 6.04 Å². The van der Waals surface area contributed by atoms with E-state index in [-0.39, 0.29) is 12.4 Å². The second-order valence-electron chi connectivity index (χ2n) is 5.08. The van der Waals surface area contributed by atoms with E-state index in [2.05, 4.69) is 26.2 Å². The van der Waals surface area contributed by atoms with E-state index in [1.165, 1.54) is 25.7 Å². The normalized spacial score (nSPS) is 29.5. The van der Waals surface area contributed by atoms with Crippen LogP contribution < -0.4 is 11.3 Å². The summed E-state index contributed by atoms with van der Waals surface area (Å²) in [6.45, 7) is 7.02. The van der Waals surface area contributed by atoms with Crippen LogP contribution in [0.1, 0.15) is 46.5 Å². The molecule has 0 atom stereocenters. The molecule has 0 spiro atoms. The van der Waals surface area contributed by atoms with E-state index in [4.69, 9.17) is 5.84 Å². The maximum atomic E-state index is 5.41. The molecule has 0 heterocycles. The second-order valence-corrected chi connectivity index (χ2v) is 5.08. The molecule has 13 heavy (non-hydrogen) atoms. The second kappa shape index (κ2) is 5.18. The van der Waals surface area contributed by atoms with E-state index in [0.29, 0.717) is 11.5 Å². The summed E-state index contributed by atoms with van der Waals surface area (Å²) in [7, 11) is 0. The van der Waals surface area contributed by atoms with E-state index in [1.807, 2.05) is 0 Å². The van der Waals surface area contributed by atoms with Crippen molar-refractivity contribution in [2.75, 3.05) is 0 Å². The first-order chi connectivity index (χ1) is 5.54. The predicted molar refractivity (Wildman–Crippen MR) is 59.8 cm³/mol. The van der Waals surface area contributed by atoms with Gasteiger partial charge in [-0.1, -0.05) is 20.8 Å². The molecule has 3 N–H and O–H groups in total. The number of hydrogen-bond donors (Lipinski definition) is 2. The maximum Gasteiger partial charge on any atom is 0.0210 e. The average molecular weight is 207 g/mol. The highest BCUT2D eigenvalue weighted by Crippen LogP contribution is 2.37. The van der Waals surface area contributed by atoms with Crippen LogP contribution in [0, 0.1) is 11.3 Å². The summed E-state index contributed by atoms with van der Waals surface area (Å²) in [6, 6.07) is 0.573. The van der Waals surface area contributed by atoms with E-state index in [0.717, 1.165) is 5.92 Å². The Balaban J connectivity index is 0.00000144. The van der Waals surface area contributed by atoms with Gasteiger partial charge in [-0.05, 0) is 37.0 Å². The minimum absolute atomic E-state index is 0. The zero-order chi connectivity index (χ0) is 9.19. The van der Waals surface area contributed by atoms with Crippen molar-refractivity contribution in [1.29, 1.82) is 0 Å². The molecule has 1 fully saturated rings. The SMILES string of the molecule is CC(C)(C)C1CCC(NN)CC1.Cl. The minimum atomic E-state index is 0. The van der Waals surface area contributed by atoms with Crippen molar-refractivity contribution in [2.45, 2.75) is 52.5 Å². The van der Waals surface area contributed by atoms with Crippen molar-refractivity contribution in [2.24, 2.45) is 17.2 Å². The number of hydrazine groups is 1. The quantitative estimate of drug-likeness (QED) is 0.511. The third kappa shape index (κ3) is 3.84. The fraction of sp³-hybridized carbons (Fsp3) is 1.00. The molecule has 80 valence electrons. The molecule has 0 saturated heterocycles. The topological polar surface area (TPSA) is 38.0 Å². The first-order valence-corrected chi connectivity index (χ1v) is 5.00. The van der Waals surface area contributed by atoms with E-state index in [1.54, 1.807) is 0 Å². The lowest BCUT2D eigenvalue weighted by Crippen LogP contribution is -2.39. The number of rotatable bonds is 1. The Morgan fingerprint density at radius 3 is 1.85 bits per heavy atom. The van der Waals surface area contributed by atoms with Crippen LogP contribution in [0.5, 0.6) is 0 Å². The van der Waals surface area contributed by atoms with E-state index < -0.39 is 0 Å². The van der Waals surface area contributed by atoms with Crippen molar-refractivity contribution in [3.05, 3.63) is 0 Å². The molecule has 0 amide bonds. The summed E-state index contributed by atoms with van der Waals surface area (Å²) in [4.78, 5) is 0. The molecule has 0 aromatic carbocycles. The lowest BCUT2D eigenvalue weighted by atomic mass is 9.71. The summed E-state index contributed by atoms with van der Waals surface area (Å²) in [6.07, 6.45) is 5.16. The number of hydrogen-bond acceptors (Lipinski definition) is 2. The molecule has 0 bridgehead atoms. The third-order valence-electron chi connectivity index (χ3n) is 3.19. The summed E-state index contributed by atoms with van der Waals surface area (Å²) >= 11 is 0. The molecule has 0 aromatic rings. The first-order valence-electron chi connectivity index (χ1n) is 5.00. The molecule has 2 nitrogen and oxygen atoms in total. The zero-order valence-corrected chi connectivity index (χ0v) is 9.79. The van der Waals surface area contributed by atoms with Crippen LogP contribution in [0.15, 0.2) is 0 Å². The highest BCUT2D eigenvalue weighted by Gasteiger charge is 2.28. The van der Waals surface area contributed by atoms with Crippen LogP contribution in [-0.4, -0.2) is 6.04 Å². The van der Waals surface area contributed by atoms with Crippen LogP contribution in [0.2, 0.25) is 0 Å². The largest absolute Gasteiger partial charge is 0.271 e. The Bertz CT molecular complexity index is 134. The number of halogens is 1. The Hall–Kier alpha value is 0.210. The molecule has 1 aliphatic carbocycles. The van der Waals surface area contributed by atoms with Gasteiger partial charge >= 0.3 is 0 Å². The molecular weight excluding hydrogens is 184 g/mol. The van der Waals surface area contributed by atoms with Crippen molar-refractivity contribution in [3.8, 4) is 0 Å². The molecule has 1 rings (SSSR count). The molecule has 1 saturated carbocycles. The van der Waals surface area contributed by atoms with Gasteiger partial charge in [0.2, 0.25) is 0 Å². The van der Waals surface area contributed by atoms with Crippen molar-refractivity contribution in [3.63, 3.8) is 0 Å². The molecule has 0 radical (unpaired) electrons. The lowest BCUT2D eigenvalue weighted by molar-refractivity contribution is 0.160. The van der Waals surface area contributed by atoms with Gasteiger partial charge in [0.15, 0.2) is 0 Å². The van der Waals surface area contributed by atoms with Gasteiger partial charge in [-0.15, -0.1) is 12.4 Å². The molecule has 1 aliphatic rings. The van der Waals surface area contributed by atoms with Crippen LogP contribution in [0.4, 0.5) is 0 Å². The highest BCUT2D eigenvalue weighted by molar-refractivity contribution is 5.85. The summed E-state index contributed by atoms with van der Waals surface area (Å²) in [5, 5.41) is 0. The lowest BCUT2D eigenvalue weighted by Gasteiger charge is -2.36. The van der Waals surface area contributed by atoms with Crippen molar-refractivity contribution in [1.82, 2.24) is 5.43 Å². The third-order valence-corrected chi connectivity index (χ3v) is 3.19. The summed E-state index contributed by atoms with van der Waals surface area (Å²) in [5.41, 5.74) is 3.36. The van der Waals surface area contributed by atoms with Crippen LogP contribution in [0.25, 0.3) is 0 Å². The van der Waals surface area contributed by atoms with E-state index >= 15 is 0 Å². The van der Waals surface area contributed by atoms with Crippen molar-refractivity contribution >= 4 is 12.4 Å². The smallest absolute Gasteiger partial charge is 0.0210 e. The average Bonchev–Trinajstić information content (AvgIpc) is 2.03. The minimum Gasteiger partial charge on any atom is -0.271 e. The fourth-order valence-electron chi connectivity index (χ4n) is 2.13. The Kier molecular flexibility index (Phi) is 5.26. The Labute approximate surface area is 88.0 Å². The van der Waals surface area contributed by atoms with Gasteiger partial charge in [-0.25, -0.2) is 0 Å². The maximum absolute atomic E-state index is 5.41. The number of nitrogens with two attached hydrogens (primary N) is 1. The first kappa shape index (κ1) is 13.2. The van der Waals surface area contributed by atoms with Gasteiger partial charge in [-0.2, -0.15) is 0 Å². The highest BCUT2D eigenvalue weighted by atomic mass is 35.5. The van der Waals surface area contributed by atoms with E-state index in [9.17, 15) is 0 Å². The van der Waals surface area contributed by atoms with Gasteiger partial charge in [0.25, 0.3) is 0 Å². The molecular formula is C10H23ClN2. The van der Waals surface area contributed by atoms with Crippen LogP contribution >= 0.6 is 12.4 Å². The molecule has 0 aliphatic heterocycles. The van der Waals surface area contributed by atoms with Crippen LogP contribution in [-0.2, 0) is 0 Å². The number of nitrogens with one attached hydrogen (secondary N) is 1. The fourth-order valence-corrected chi connectivity index (χ4v) is 2.13. The van der Waals surface area contributed by atoms with Crippen molar-refractivity contribution < 1.29 is 0 Å². The Morgan fingerprint density at radius 2 is 1.54 bits per heavy atom. The molecule has 0 unspecified atom stereocenters. The predicted octanol–water partition coefficient (Wildman–Crippen LogP) is 2.48. The van der Waals surface area contributed by atoms with Crippen LogP contribution in [0.3, 0.4) is 0 Å². The van der Waals surface area contributed by atoms with Gasteiger partial charge < -0.3 is 0 Å². The molecule has 0 aromatic heterocycles. The van der Waals surface area contributed by atoms with Gasteiger partial charge in [-0.3, -0.25) is 11.3 Å². The zero-order valence-electron chi connectivity index (χ0n) is 8.97. The Morgan fingerprint density at radius 1 is 1.08 bits per heavy atom. The van der Waals surface area contributed by atoms with Gasteiger partial charge in [0.1, 0.15) is 0 Å². The van der Waals surface area contributed by atoms with Gasteiger partial charge in [0.05, 0.1) is 0 Å². The monoisotopic (exact) mass is 206 g/mol.